The lowest BCUT2D eigenvalue weighted by atomic mass is 9.97. The number of carbonyl (C=O) groups excluding carboxylic acids is 1. The summed E-state index contributed by atoms with van der Waals surface area (Å²) in [6.45, 7) is 3.26. The lowest BCUT2D eigenvalue weighted by Crippen LogP contribution is -2.41. The average molecular weight is 314 g/mol. The van der Waals surface area contributed by atoms with Crippen LogP contribution in [-0.4, -0.2) is 29.0 Å². The van der Waals surface area contributed by atoms with Crippen LogP contribution in [0.1, 0.15) is 18.4 Å². The minimum absolute atomic E-state index is 0.0840. The number of piperidine rings is 1. The molecule has 23 heavy (non-hydrogen) atoms. The Balaban J connectivity index is 1.69. The maximum atomic E-state index is 13.3. The Morgan fingerprint density at radius 3 is 2.91 bits per heavy atom. The van der Waals surface area contributed by atoms with E-state index < -0.39 is 0 Å². The van der Waals surface area contributed by atoms with Crippen molar-refractivity contribution < 1.29 is 9.18 Å². The molecule has 1 saturated heterocycles. The molecule has 120 valence electrons. The maximum Gasteiger partial charge on any atom is 0.229 e. The maximum absolute atomic E-state index is 13.3. The van der Waals surface area contributed by atoms with Crippen molar-refractivity contribution in [2.75, 3.05) is 23.3 Å². The van der Waals surface area contributed by atoms with Crippen molar-refractivity contribution >= 4 is 17.5 Å². The summed E-state index contributed by atoms with van der Waals surface area (Å²) in [7, 11) is 0. The number of nitrogens with zero attached hydrogens (tertiary/aromatic N) is 3. The van der Waals surface area contributed by atoms with Gasteiger partial charge in [-0.2, -0.15) is 0 Å². The van der Waals surface area contributed by atoms with E-state index in [1.54, 1.807) is 24.5 Å². The van der Waals surface area contributed by atoms with Gasteiger partial charge in [-0.05, 0) is 43.5 Å². The van der Waals surface area contributed by atoms with Gasteiger partial charge in [-0.1, -0.05) is 6.07 Å². The monoisotopic (exact) mass is 314 g/mol. The number of benzene rings is 1. The highest BCUT2D eigenvalue weighted by atomic mass is 19.1. The molecule has 0 aliphatic carbocycles. The van der Waals surface area contributed by atoms with E-state index >= 15 is 0 Å². The zero-order chi connectivity index (χ0) is 16.2. The molecule has 2 heterocycles. The molecular formula is C17H19FN4O. The summed E-state index contributed by atoms with van der Waals surface area (Å²) in [6, 6.07) is 6.18. The predicted molar refractivity (Wildman–Crippen MR) is 86.7 cm³/mol. The van der Waals surface area contributed by atoms with Crippen LogP contribution in [0.2, 0.25) is 0 Å². The van der Waals surface area contributed by atoms with Crippen LogP contribution in [0.25, 0.3) is 0 Å². The number of hydrogen-bond donors (Lipinski definition) is 1. The predicted octanol–water partition coefficient (Wildman–Crippen LogP) is 2.78. The van der Waals surface area contributed by atoms with Gasteiger partial charge in [-0.3, -0.25) is 4.79 Å². The molecule has 1 fully saturated rings. The van der Waals surface area contributed by atoms with Crippen molar-refractivity contribution in [1.29, 1.82) is 0 Å². The molecule has 0 saturated carbocycles. The van der Waals surface area contributed by atoms with Gasteiger partial charge in [0.15, 0.2) is 0 Å². The van der Waals surface area contributed by atoms with Crippen LogP contribution in [0.4, 0.5) is 16.0 Å². The highest BCUT2D eigenvalue weighted by Crippen LogP contribution is 2.23. The number of amides is 1. The molecule has 0 spiro atoms. The molecule has 5 nitrogen and oxygen atoms in total. The number of rotatable bonds is 3. The van der Waals surface area contributed by atoms with E-state index in [2.05, 4.69) is 15.3 Å². The summed E-state index contributed by atoms with van der Waals surface area (Å²) in [5.41, 5.74) is 1.38. The fraction of sp³-hybridized carbons (Fsp3) is 0.353. The lowest BCUT2D eigenvalue weighted by Gasteiger charge is -2.32. The van der Waals surface area contributed by atoms with E-state index in [1.165, 1.54) is 12.1 Å². The molecule has 0 radical (unpaired) electrons. The van der Waals surface area contributed by atoms with Gasteiger partial charge in [0.05, 0.1) is 5.92 Å². The molecule has 1 aliphatic rings. The van der Waals surface area contributed by atoms with Crippen molar-refractivity contribution in [3.05, 3.63) is 48.0 Å². The van der Waals surface area contributed by atoms with E-state index in [9.17, 15) is 9.18 Å². The van der Waals surface area contributed by atoms with E-state index in [0.717, 1.165) is 24.9 Å². The van der Waals surface area contributed by atoms with Crippen LogP contribution in [0.5, 0.6) is 0 Å². The average Bonchev–Trinajstić information content (AvgIpc) is 2.59. The first-order chi connectivity index (χ1) is 11.1. The number of aromatic nitrogens is 2. The van der Waals surface area contributed by atoms with Gasteiger partial charge in [-0.25, -0.2) is 14.4 Å². The second-order valence-corrected chi connectivity index (χ2v) is 5.78. The third kappa shape index (κ3) is 3.64. The number of aryl methyl sites for hydroxylation is 1. The fourth-order valence-corrected chi connectivity index (χ4v) is 2.79. The summed E-state index contributed by atoms with van der Waals surface area (Å²) >= 11 is 0. The molecule has 3 rings (SSSR count). The van der Waals surface area contributed by atoms with Gasteiger partial charge in [0.25, 0.3) is 0 Å². The number of hydrogen-bond acceptors (Lipinski definition) is 4. The van der Waals surface area contributed by atoms with Crippen molar-refractivity contribution in [3.63, 3.8) is 0 Å². The first kappa shape index (κ1) is 15.4. The van der Waals surface area contributed by atoms with Gasteiger partial charge < -0.3 is 10.2 Å². The molecule has 1 amide bonds. The van der Waals surface area contributed by atoms with Crippen LogP contribution in [0.15, 0.2) is 36.7 Å². The summed E-state index contributed by atoms with van der Waals surface area (Å²) in [5, 5.41) is 2.85. The van der Waals surface area contributed by atoms with Gasteiger partial charge in [-0.15, -0.1) is 0 Å². The van der Waals surface area contributed by atoms with Gasteiger partial charge in [0.1, 0.15) is 5.82 Å². The van der Waals surface area contributed by atoms with Gasteiger partial charge in [0, 0.05) is 31.2 Å². The van der Waals surface area contributed by atoms with E-state index in [-0.39, 0.29) is 17.6 Å². The van der Waals surface area contributed by atoms with Crippen molar-refractivity contribution in [2.45, 2.75) is 19.8 Å². The largest absolute Gasteiger partial charge is 0.340 e. The molecule has 0 bridgehead atoms. The first-order valence-corrected chi connectivity index (χ1v) is 7.72. The lowest BCUT2D eigenvalue weighted by molar-refractivity contribution is -0.120. The smallest absolute Gasteiger partial charge is 0.229 e. The Morgan fingerprint density at radius 2 is 2.13 bits per heavy atom. The van der Waals surface area contributed by atoms with E-state index in [4.69, 9.17) is 0 Å². The molecule has 1 aromatic heterocycles. The topological polar surface area (TPSA) is 58.1 Å². The number of halogens is 1. The first-order valence-electron chi connectivity index (χ1n) is 7.72. The van der Waals surface area contributed by atoms with Gasteiger partial charge in [0.2, 0.25) is 11.9 Å². The molecule has 1 aliphatic heterocycles. The van der Waals surface area contributed by atoms with Crippen LogP contribution < -0.4 is 10.2 Å². The van der Waals surface area contributed by atoms with Crippen LogP contribution in [0, 0.1) is 18.7 Å². The third-order valence-corrected chi connectivity index (χ3v) is 4.08. The minimum Gasteiger partial charge on any atom is -0.340 e. The van der Waals surface area contributed by atoms with Crippen molar-refractivity contribution in [3.8, 4) is 0 Å². The molecule has 1 N–H and O–H groups in total. The standard InChI is InChI=1S/C17H19FN4O/c1-12-5-6-14(18)10-15(12)21-16(23)13-4-2-9-22(11-13)17-19-7-3-8-20-17/h3,5-8,10,13H,2,4,9,11H2,1H3,(H,21,23)/t13-/m1/s1. The Labute approximate surface area is 134 Å². The zero-order valence-electron chi connectivity index (χ0n) is 13.0. The summed E-state index contributed by atoms with van der Waals surface area (Å²) in [6.07, 6.45) is 5.10. The van der Waals surface area contributed by atoms with Crippen LogP contribution >= 0.6 is 0 Å². The third-order valence-electron chi connectivity index (χ3n) is 4.08. The molecule has 1 atom stereocenters. The summed E-state index contributed by atoms with van der Waals surface area (Å²) < 4.78 is 13.3. The Morgan fingerprint density at radius 1 is 1.35 bits per heavy atom. The Bertz CT molecular complexity index is 692. The SMILES string of the molecule is Cc1ccc(F)cc1NC(=O)[C@@H]1CCCN(c2ncccn2)C1. The fourth-order valence-electron chi connectivity index (χ4n) is 2.79. The molecule has 6 heteroatoms. The number of anilines is 2. The minimum atomic E-state index is -0.353. The summed E-state index contributed by atoms with van der Waals surface area (Å²) in [4.78, 5) is 23.0. The van der Waals surface area contributed by atoms with Crippen LogP contribution in [-0.2, 0) is 4.79 Å². The zero-order valence-corrected chi connectivity index (χ0v) is 13.0. The molecule has 1 aromatic carbocycles. The Kier molecular flexibility index (Phi) is 4.50. The molecular weight excluding hydrogens is 295 g/mol. The quantitative estimate of drug-likeness (QED) is 0.946. The normalized spacial score (nSPS) is 17.8. The highest BCUT2D eigenvalue weighted by Gasteiger charge is 2.27. The molecule has 0 unspecified atom stereocenters. The van der Waals surface area contributed by atoms with Crippen LogP contribution in [0.3, 0.4) is 0 Å². The highest BCUT2D eigenvalue weighted by molar-refractivity contribution is 5.93. The van der Waals surface area contributed by atoms with Crippen molar-refractivity contribution in [2.24, 2.45) is 5.92 Å². The van der Waals surface area contributed by atoms with Gasteiger partial charge >= 0.3 is 0 Å². The number of nitrogens with one attached hydrogen (secondary N) is 1. The molecule has 2 aromatic rings. The Hall–Kier alpha value is -2.50. The second kappa shape index (κ2) is 6.73. The summed E-state index contributed by atoms with van der Waals surface area (Å²) in [5.74, 6) is 0.0512. The van der Waals surface area contributed by atoms with E-state index in [1.807, 2.05) is 11.8 Å². The number of carbonyl (C=O) groups is 1. The van der Waals surface area contributed by atoms with Crippen molar-refractivity contribution in [1.82, 2.24) is 9.97 Å². The van der Waals surface area contributed by atoms with E-state index in [0.29, 0.717) is 18.2 Å². The second-order valence-electron chi connectivity index (χ2n) is 5.78.